The predicted molar refractivity (Wildman–Crippen MR) is 106 cm³/mol. The number of hydrogen-bond donors (Lipinski definition) is 0. The summed E-state index contributed by atoms with van der Waals surface area (Å²) in [6.07, 6.45) is 14.5. The van der Waals surface area contributed by atoms with E-state index < -0.39 is 0 Å². The van der Waals surface area contributed by atoms with Gasteiger partial charge in [-0.3, -0.25) is 0 Å². The summed E-state index contributed by atoms with van der Waals surface area (Å²) < 4.78 is 5.97. The van der Waals surface area contributed by atoms with Gasteiger partial charge < -0.3 is 9.64 Å². The highest BCUT2D eigenvalue weighted by Crippen LogP contribution is 2.33. The molecule has 1 aromatic rings. The average Bonchev–Trinajstić information content (AvgIpc) is 2.72. The second-order valence-electron chi connectivity index (χ2n) is 8.32. The van der Waals surface area contributed by atoms with E-state index in [1.165, 1.54) is 57.2 Å². The fourth-order valence-corrected chi connectivity index (χ4v) is 4.45. The number of aromatic nitrogens is 2. The highest BCUT2D eigenvalue weighted by Gasteiger charge is 2.29. The van der Waals surface area contributed by atoms with Crippen molar-refractivity contribution in [3.8, 4) is 0 Å². The highest BCUT2D eigenvalue weighted by atomic mass is 16.5. The van der Waals surface area contributed by atoms with E-state index >= 15 is 0 Å². The van der Waals surface area contributed by atoms with Gasteiger partial charge in [0.05, 0.1) is 6.10 Å². The van der Waals surface area contributed by atoms with Gasteiger partial charge in [-0.05, 0) is 82.4 Å². The molecule has 4 nitrogen and oxygen atoms in total. The van der Waals surface area contributed by atoms with E-state index in [4.69, 9.17) is 4.74 Å². The number of piperidine rings is 1. The van der Waals surface area contributed by atoms with Crippen LogP contribution in [0, 0.1) is 5.92 Å². The summed E-state index contributed by atoms with van der Waals surface area (Å²) in [7, 11) is 0. The van der Waals surface area contributed by atoms with Crippen molar-refractivity contribution in [3.05, 3.63) is 23.8 Å². The molecule has 2 heterocycles. The van der Waals surface area contributed by atoms with Gasteiger partial charge in [-0.2, -0.15) is 0 Å². The third kappa shape index (κ3) is 5.26. The lowest BCUT2D eigenvalue weighted by atomic mass is 9.83. The molecular weight excluding hydrogens is 322 g/mol. The van der Waals surface area contributed by atoms with Gasteiger partial charge in [-0.1, -0.05) is 13.8 Å². The van der Waals surface area contributed by atoms with Crippen LogP contribution in [0.4, 0.5) is 0 Å². The van der Waals surface area contributed by atoms with E-state index in [0.717, 1.165) is 37.2 Å². The zero-order chi connectivity index (χ0) is 18.4. The van der Waals surface area contributed by atoms with Crippen LogP contribution in [0.25, 0.3) is 0 Å². The smallest absolute Gasteiger partial charge is 0.127 e. The Balaban J connectivity index is 1.40. The van der Waals surface area contributed by atoms with Crippen LogP contribution in [0.5, 0.6) is 0 Å². The summed E-state index contributed by atoms with van der Waals surface area (Å²) in [4.78, 5) is 11.7. The van der Waals surface area contributed by atoms with Crippen LogP contribution in [0.1, 0.15) is 83.0 Å². The molecule has 0 aromatic carbocycles. The van der Waals surface area contributed by atoms with Gasteiger partial charge in [0.1, 0.15) is 5.82 Å². The second-order valence-corrected chi connectivity index (χ2v) is 8.32. The molecule has 0 N–H and O–H groups in total. The van der Waals surface area contributed by atoms with Gasteiger partial charge >= 0.3 is 0 Å². The topological polar surface area (TPSA) is 38.2 Å². The maximum absolute atomic E-state index is 5.97. The van der Waals surface area contributed by atoms with E-state index in [-0.39, 0.29) is 0 Å². The SMILES string of the molecule is CCc1ncc(C2CCN([C@H]3CC[C@H](COC(C)CC)CC3)CC2)cn1. The summed E-state index contributed by atoms with van der Waals surface area (Å²) in [5.74, 6) is 2.39. The first-order valence-electron chi connectivity index (χ1n) is 10.9. The summed E-state index contributed by atoms with van der Waals surface area (Å²) in [5.41, 5.74) is 1.34. The highest BCUT2D eigenvalue weighted by molar-refractivity contribution is 5.13. The van der Waals surface area contributed by atoms with Crippen LogP contribution >= 0.6 is 0 Å². The minimum Gasteiger partial charge on any atom is -0.378 e. The Morgan fingerprint density at radius 2 is 1.69 bits per heavy atom. The van der Waals surface area contributed by atoms with Crippen LogP contribution < -0.4 is 0 Å². The molecule has 2 fully saturated rings. The van der Waals surface area contributed by atoms with Crippen LogP contribution in [0.3, 0.4) is 0 Å². The molecule has 1 saturated carbocycles. The van der Waals surface area contributed by atoms with E-state index in [1.54, 1.807) is 0 Å². The average molecular weight is 360 g/mol. The molecule has 1 aromatic heterocycles. The number of likely N-dealkylation sites (tertiary alicyclic amines) is 1. The van der Waals surface area contributed by atoms with E-state index in [1.807, 2.05) is 0 Å². The van der Waals surface area contributed by atoms with Gasteiger partial charge in [0.2, 0.25) is 0 Å². The van der Waals surface area contributed by atoms with Crippen molar-refractivity contribution >= 4 is 0 Å². The van der Waals surface area contributed by atoms with Gasteiger partial charge in [0, 0.05) is 31.5 Å². The van der Waals surface area contributed by atoms with Crippen LogP contribution in [0.2, 0.25) is 0 Å². The molecule has 0 radical (unpaired) electrons. The predicted octanol–water partition coefficient (Wildman–Crippen LogP) is 4.59. The fraction of sp³-hybridized carbons (Fsp3) is 0.818. The zero-order valence-corrected chi connectivity index (χ0v) is 17.0. The van der Waals surface area contributed by atoms with Gasteiger partial charge in [-0.15, -0.1) is 0 Å². The molecule has 26 heavy (non-hydrogen) atoms. The monoisotopic (exact) mass is 359 g/mol. The first kappa shape index (κ1) is 19.8. The molecule has 146 valence electrons. The van der Waals surface area contributed by atoms with Crippen molar-refractivity contribution in [2.45, 2.75) is 90.2 Å². The summed E-state index contributed by atoms with van der Waals surface area (Å²) in [6.45, 7) is 9.94. The maximum Gasteiger partial charge on any atom is 0.127 e. The van der Waals surface area contributed by atoms with Gasteiger partial charge in [-0.25, -0.2) is 9.97 Å². The fourth-order valence-electron chi connectivity index (χ4n) is 4.45. The van der Waals surface area contributed by atoms with Crippen LogP contribution in [0.15, 0.2) is 12.4 Å². The normalized spacial score (nSPS) is 26.7. The van der Waals surface area contributed by atoms with E-state index in [2.05, 4.69) is 48.0 Å². The second kappa shape index (κ2) is 9.80. The molecule has 1 aliphatic heterocycles. The maximum atomic E-state index is 5.97. The molecule has 1 unspecified atom stereocenters. The Kier molecular flexibility index (Phi) is 7.44. The zero-order valence-electron chi connectivity index (χ0n) is 17.0. The molecule has 3 rings (SSSR count). The molecule has 1 saturated heterocycles. The molecule has 4 heteroatoms. The minimum atomic E-state index is 0.419. The summed E-state index contributed by atoms with van der Waals surface area (Å²) in [5, 5.41) is 0. The van der Waals surface area contributed by atoms with E-state index in [9.17, 15) is 0 Å². The van der Waals surface area contributed by atoms with Crippen LogP contribution in [-0.2, 0) is 11.2 Å². The Labute approximate surface area is 159 Å². The molecule has 0 amide bonds. The summed E-state index contributed by atoms with van der Waals surface area (Å²) >= 11 is 0. The van der Waals surface area contributed by atoms with Crippen molar-refractivity contribution in [1.82, 2.24) is 14.9 Å². The number of hydrogen-bond acceptors (Lipinski definition) is 4. The number of aryl methyl sites for hydroxylation is 1. The van der Waals surface area contributed by atoms with Gasteiger partial charge in [0.15, 0.2) is 0 Å². The third-order valence-electron chi connectivity index (χ3n) is 6.57. The van der Waals surface area contributed by atoms with Crippen LogP contribution in [-0.4, -0.2) is 46.7 Å². The van der Waals surface area contributed by atoms with E-state index in [0.29, 0.717) is 12.0 Å². The number of nitrogens with zero attached hydrogens (tertiary/aromatic N) is 3. The molecular formula is C22H37N3O. The lowest BCUT2D eigenvalue weighted by Gasteiger charge is -2.41. The van der Waals surface area contributed by atoms with Crippen molar-refractivity contribution in [2.75, 3.05) is 19.7 Å². The number of ether oxygens (including phenoxy) is 1. The lowest BCUT2D eigenvalue weighted by Crippen LogP contribution is -2.43. The molecule has 2 aliphatic rings. The number of rotatable bonds is 7. The first-order chi connectivity index (χ1) is 12.7. The standard InChI is InChI=1S/C22H37N3O/c1-4-17(3)26-16-18-6-8-21(9-7-18)25-12-10-19(11-13-25)20-14-23-22(5-2)24-15-20/h14-15,17-19,21H,4-13,16H2,1-3H3/t17?,18-,21-. The Morgan fingerprint density at radius 3 is 2.27 bits per heavy atom. The first-order valence-corrected chi connectivity index (χ1v) is 10.9. The molecule has 1 atom stereocenters. The Morgan fingerprint density at radius 1 is 1.04 bits per heavy atom. The van der Waals surface area contributed by atoms with Gasteiger partial charge in [0.25, 0.3) is 0 Å². The van der Waals surface area contributed by atoms with Crippen molar-refractivity contribution in [3.63, 3.8) is 0 Å². The molecule has 0 bridgehead atoms. The largest absolute Gasteiger partial charge is 0.378 e. The van der Waals surface area contributed by atoms with Crippen molar-refractivity contribution in [1.29, 1.82) is 0 Å². The molecule has 1 aliphatic carbocycles. The quantitative estimate of drug-likeness (QED) is 0.713. The minimum absolute atomic E-state index is 0.419. The van der Waals surface area contributed by atoms with Crippen molar-refractivity contribution < 1.29 is 4.74 Å². The lowest BCUT2D eigenvalue weighted by molar-refractivity contribution is 0.0175. The van der Waals surface area contributed by atoms with Crippen molar-refractivity contribution in [2.24, 2.45) is 5.92 Å². The molecule has 0 spiro atoms. The Bertz CT molecular complexity index is 517. The summed E-state index contributed by atoms with van der Waals surface area (Å²) in [6, 6.07) is 0.800. The third-order valence-corrected chi connectivity index (χ3v) is 6.57. The Hall–Kier alpha value is -1.00.